The minimum atomic E-state index is 0.107. The van der Waals surface area contributed by atoms with E-state index in [9.17, 15) is 4.79 Å². The summed E-state index contributed by atoms with van der Waals surface area (Å²) in [4.78, 5) is 25.7. The van der Waals surface area contributed by atoms with E-state index in [4.69, 9.17) is 0 Å². The first-order valence-electron chi connectivity index (χ1n) is 11.6. The molecule has 0 aliphatic carbocycles. The van der Waals surface area contributed by atoms with Crippen LogP contribution in [-0.2, 0) is 4.79 Å². The molecule has 1 saturated heterocycles. The molecule has 4 heterocycles. The first-order chi connectivity index (χ1) is 17.1. The third-order valence-corrected chi connectivity index (χ3v) is 7.16. The Kier molecular flexibility index (Phi) is 6.76. The molecule has 0 radical (unpaired) electrons. The normalized spacial score (nSPS) is 13.8. The molecule has 0 atom stereocenters. The highest BCUT2D eigenvalue weighted by Gasteiger charge is 2.23. The standard InChI is InChI=1S/C26H27N7OS/c1-19-6-7-22(17-20(19)2)33-25(21-8-11-27-12-9-21)29-30-26(33)35-18-24(34)32-15-13-31(14-16-32)23-5-3-4-10-28-23/h3-12,17H,13-16,18H2,1-2H3. The van der Waals surface area contributed by atoms with Crippen LogP contribution >= 0.6 is 11.8 Å². The quantitative estimate of drug-likeness (QED) is 0.385. The number of piperazine rings is 1. The molecule has 5 rings (SSSR count). The lowest BCUT2D eigenvalue weighted by Crippen LogP contribution is -2.49. The van der Waals surface area contributed by atoms with Gasteiger partial charge in [-0.3, -0.25) is 14.3 Å². The Labute approximate surface area is 209 Å². The Morgan fingerprint density at radius 2 is 1.71 bits per heavy atom. The fourth-order valence-corrected chi connectivity index (χ4v) is 4.95. The molecule has 1 fully saturated rings. The number of thioether (sulfide) groups is 1. The van der Waals surface area contributed by atoms with Crippen molar-refractivity contribution in [2.45, 2.75) is 19.0 Å². The summed E-state index contributed by atoms with van der Waals surface area (Å²) in [6.07, 6.45) is 5.29. The number of carbonyl (C=O) groups excluding carboxylic acids is 1. The van der Waals surface area contributed by atoms with Crippen LogP contribution in [0.5, 0.6) is 0 Å². The summed E-state index contributed by atoms with van der Waals surface area (Å²) in [5.74, 6) is 2.10. The van der Waals surface area contributed by atoms with Crippen LogP contribution in [-0.4, -0.2) is 67.5 Å². The molecule has 1 aliphatic rings. The Bertz CT molecular complexity index is 1300. The van der Waals surface area contributed by atoms with Crippen LogP contribution in [0.2, 0.25) is 0 Å². The van der Waals surface area contributed by atoms with Crippen molar-refractivity contribution in [3.05, 3.63) is 78.2 Å². The molecule has 4 aromatic rings. The fraction of sp³-hybridized carbons (Fsp3) is 0.269. The highest BCUT2D eigenvalue weighted by Crippen LogP contribution is 2.29. The molecule has 1 aliphatic heterocycles. The summed E-state index contributed by atoms with van der Waals surface area (Å²) in [5, 5.41) is 9.63. The van der Waals surface area contributed by atoms with Crippen LogP contribution in [0.4, 0.5) is 5.82 Å². The van der Waals surface area contributed by atoms with Gasteiger partial charge in [0.2, 0.25) is 5.91 Å². The Morgan fingerprint density at radius 3 is 2.43 bits per heavy atom. The molecular formula is C26H27N7OS. The van der Waals surface area contributed by atoms with Crippen LogP contribution in [0.25, 0.3) is 17.1 Å². The molecular weight excluding hydrogens is 458 g/mol. The van der Waals surface area contributed by atoms with E-state index in [0.717, 1.165) is 36.0 Å². The zero-order valence-electron chi connectivity index (χ0n) is 19.8. The largest absolute Gasteiger partial charge is 0.353 e. The van der Waals surface area contributed by atoms with Gasteiger partial charge in [0.05, 0.1) is 11.4 Å². The lowest BCUT2D eigenvalue weighted by Gasteiger charge is -2.35. The number of hydrogen-bond acceptors (Lipinski definition) is 7. The van der Waals surface area contributed by atoms with Gasteiger partial charge in [-0.05, 0) is 61.4 Å². The SMILES string of the molecule is Cc1ccc(-n2c(SCC(=O)N3CCN(c4ccccn4)CC3)nnc2-c2ccncc2)cc1C. The van der Waals surface area contributed by atoms with Gasteiger partial charge in [-0.2, -0.15) is 0 Å². The minimum Gasteiger partial charge on any atom is -0.353 e. The van der Waals surface area contributed by atoms with E-state index in [1.54, 1.807) is 18.6 Å². The third kappa shape index (κ3) is 5.05. The number of amides is 1. The number of benzene rings is 1. The average molecular weight is 486 g/mol. The maximum absolute atomic E-state index is 13.0. The van der Waals surface area contributed by atoms with Crippen molar-refractivity contribution in [1.82, 2.24) is 29.6 Å². The zero-order chi connectivity index (χ0) is 24.2. The van der Waals surface area contributed by atoms with Crippen molar-refractivity contribution in [1.29, 1.82) is 0 Å². The highest BCUT2D eigenvalue weighted by atomic mass is 32.2. The summed E-state index contributed by atoms with van der Waals surface area (Å²) in [6.45, 7) is 7.11. The number of carbonyl (C=O) groups is 1. The van der Waals surface area contributed by atoms with Crippen LogP contribution < -0.4 is 4.90 Å². The third-order valence-electron chi connectivity index (χ3n) is 6.25. The molecule has 1 amide bonds. The summed E-state index contributed by atoms with van der Waals surface area (Å²) in [7, 11) is 0. The molecule has 3 aromatic heterocycles. The van der Waals surface area contributed by atoms with Gasteiger partial charge in [-0.15, -0.1) is 10.2 Å². The van der Waals surface area contributed by atoms with Gasteiger partial charge in [0.15, 0.2) is 11.0 Å². The molecule has 0 unspecified atom stereocenters. The minimum absolute atomic E-state index is 0.107. The number of aromatic nitrogens is 5. The van der Waals surface area contributed by atoms with E-state index in [0.29, 0.717) is 24.0 Å². The van der Waals surface area contributed by atoms with Gasteiger partial charge in [0, 0.05) is 50.3 Å². The summed E-state index contributed by atoms with van der Waals surface area (Å²) < 4.78 is 2.03. The van der Waals surface area contributed by atoms with Crippen molar-refractivity contribution >= 4 is 23.5 Å². The number of rotatable bonds is 6. The first-order valence-corrected chi connectivity index (χ1v) is 12.6. The van der Waals surface area contributed by atoms with E-state index in [1.807, 2.05) is 39.8 Å². The van der Waals surface area contributed by atoms with Gasteiger partial charge < -0.3 is 9.80 Å². The van der Waals surface area contributed by atoms with Crippen LogP contribution in [0.15, 0.2) is 72.3 Å². The zero-order valence-corrected chi connectivity index (χ0v) is 20.6. The molecule has 8 nitrogen and oxygen atoms in total. The van der Waals surface area contributed by atoms with E-state index in [-0.39, 0.29) is 5.91 Å². The van der Waals surface area contributed by atoms with Gasteiger partial charge in [-0.25, -0.2) is 4.98 Å². The number of hydrogen-bond donors (Lipinski definition) is 0. The molecule has 178 valence electrons. The predicted molar refractivity (Wildman–Crippen MR) is 138 cm³/mol. The van der Waals surface area contributed by atoms with Gasteiger partial charge in [-0.1, -0.05) is 23.9 Å². The molecule has 0 saturated carbocycles. The van der Waals surface area contributed by atoms with Crippen molar-refractivity contribution < 1.29 is 4.79 Å². The smallest absolute Gasteiger partial charge is 0.233 e. The van der Waals surface area contributed by atoms with E-state index in [1.165, 1.54) is 22.9 Å². The average Bonchev–Trinajstić information content (AvgIpc) is 3.34. The topological polar surface area (TPSA) is 80.0 Å². The Morgan fingerprint density at radius 1 is 0.914 bits per heavy atom. The van der Waals surface area contributed by atoms with Crippen LogP contribution in [0, 0.1) is 13.8 Å². The van der Waals surface area contributed by atoms with E-state index in [2.05, 4.69) is 57.1 Å². The summed E-state index contributed by atoms with van der Waals surface area (Å²) in [6, 6.07) is 16.0. The van der Waals surface area contributed by atoms with Crippen LogP contribution in [0.3, 0.4) is 0 Å². The second kappa shape index (κ2) is 10.3. The monoisotopic (exact) mass is 485 g/mol. The number of nitrogens with zero attached hydrogens (tertiary/aromatic N) is 7. The molecule has 0 bridgehead atoms. The van der Waals surface area contributed by atoms with E-state index >= 15 is 0 Å². The number of pyridine rings is 2. The van der Waals surface area contributed by atoms with Crippen molar-refractivity contribution in [2.24, 2.45) is 0 Å². The maximum Gasteiger partial charge on any atom is 0.233 e. The van der Waals surface area contributed by atoms with Gasteiger partial charge >= 0.3 is 0 Å². The lowest BCUT2D eigenvalue weighted by molar-refractivity contribution is -0.128. The second-order valence-corrected chi connectivity index (χ2v) is 9.43. The lowest BCUT2D eigenvalue weighted by atomic mass is 10.1. The van der Waals surface area contributed by atoms with Crippen molar-refractivity contribution in [3.8, 4) is 17.1 Å². The molecule has 9 heteroatoms. The van der Waals surface area contributed by atoms with E-state index < -0.39 is 0 Å². The number of anilines is 1. The molecule has 35 heavy (non-hydrogen) atoms. The van der Waals surface area contributed by atoms with Crippen LogP contribution in [0.1, 0.15) is 11.1 Å². The second-order valence-electron chi connectivity index (χ2n) is 8.49. The van der Waals surface area contributed by atoms with Crippen molar-refractivity contribution in [2.75, 3.05) is 36.8 Å². The first kappa shape index (κ1) is 23.0. The van der Waals surface area contributed by atoms with Crippen molar-refractivity contribution in [3.63, 3.8) is 0 Å². The predicted octanol–water partition coefficient (Wildman–Crippen LogP) is 3.78. The Hall–Kier alpha value is -3.72. The van der Waals surface area contributed by atoms with Gasteiger partial charge in [0.25, 0.3) is 0 Å². The van der Waals surface area contributed by atoms with Gasteiger partial charge in [0.1, 0.15) is 5.82 Å². The maximum atomic E-state index is 13.0. The number of aryl methyl sites for hydroxylation is 2. The summed E-state index contributed by atoms with van der Waals surface area (Å²) in [5.41, 5.74) is 4.31. The molecule has 1 aromatic carbocycles. The Balaban J connectivity index is 1.32. The highest BCUT2D eigenvalue weighted by molar-refractivity contribution is 7.99. The fourth-order valence-electron chi connectivity index (χ4n) is 4.09. The molecule has 0 spiro atoms. The molecule has 0 N–H and O–H groups in total. The summed E-state index contributed by atoms with van der Waals surface area (Å²) >= 11 is 1.42.